The highest BCUT2D eigenvalue weighted by molar-refractivity contribution is 6.35. The summed E-state index contributed by atoms with van der Waals surface area (Å²) in [4.78, 5) is 24.8. The molecule has 21 heavy (non-hydrogen) atoms. The number of amides is 1. The molecular weight excluding hydrogens is 315 g/mol. The Morgan fingerprint density at radius 1 is 1.38 bits per heavy atom. The molecule has 1 aliphatic heterocycles. The third-order valence-electron chi connectivity index (χ3n) is 3.48. The minimum absolute atomic E-state index is 0.213. The van der Waals surface area contributed by atoms with E-state index in [9.17, 15) is 9.59 Å². The van der Waals surface area contributed by atoms with E-state index in [-0.39, 0.29) is 12.3 Å². The lowest BCUT2D eigenvalue weighted by molar-refractivity contribution is -0.142. The second-order valence-corrected chi connectivity index (χ2v) is 5.80. The van der Waals surface area contributed by atoms with Gasteiger partial charge in [-0.2, -0.15) is 0 Å². The van der Waals surface area contributed by atoms with Crippen molar-refractivity contribution in [3.05, 3.63) is 28.2 Å². The van der Waals surface area contributed by atoms with Crippen molar-refractivity contribution in [2.75, 3.05) is 18.4 Å². The Morgan fingerprint density at radius 2 is 2.14 bits per heavy atom. The number of rotatable bonds is 5. The van der Waals surface area contributed by atoms with Gasteiger partial charge in [-0.1, -0.05) is 23.2 Å². The molecule has 0 aromatic heterocycles. The molecule has 1 aromatic rings. The van der Waals surface area contributed by atoms with E-state index in [1.165, 1.54) is 0 Å². The summed E-state index contributed by atoms with van der Waals surface area (Å²) in [7, 11) is 0. The Morgan fingerprint density at radius 3 is 2.86 bits per heavy atom. The van der Waals surface area contributed by atoms with Crippen LogP contribution in [0.5, 0.6) is 0 Å². The molecule has 0 saturated carbocycles. The van der Waals surface area contributed by atoms with E-state index in [1.807, 2.05) is 4.90 Å². The highest BCUT2D eigenvalue weighted by atomic mass is 35.5. The summed E-state index contributed by atoms with van der Waals surface area (Å²) in [6.07, 6.45) is 1.70. The topological polar surface area (TPSA) is 69.6 Å². The SMILES string of the molecule is O=C(CCN1CCCC1C(=O)O)Nc1cc(Cl)ccc1Cl. The Balaban J connectivity index is 1.87. The van der Waals surface area contributed by atoms with Crippen molar-refractivity contribution in [2.45, 2.75) is 25.3 Å². The summed E-state index contributed by atoms with van der Waals surface area (Å²) in [6, 6.07) is 4.35. The number of nitrogens with one attached hydrogen (secondary N) is 1. The van der Waals surface area contributed by atoms with Crippen LogP contribution in [0.25, 0.3) is 0 Å². The van der Waals surface area contributed by atoms with Gasteiger partial charge in [0.2, 0.25) is 5.91 Å². The van der Waals surface area contributed by atoms with Gasteiger partial charge in [0.15, 0.2) is 0 Å². The fraction of sp³-hybridized carbons (Fsp3) is 0.429. The van der Waals surface area contributed by atoms with Crippen LogP contribution in [0.15, 0.2) is 18.2 Å². The molecule has 114 valence electrons. The maximum atomic E-state index is 11.9. The van der Waals surface area contributed by atoms with Gasteiger partial charge < -0.3 is 10.4 Å². The minimum atomic E-state index is -0.828. The van der Waals surface area contributed by atoms with Crippen LogP contribution < -0.4 is 5.32 Å². The lowest BCUT2D eigenvalue weighted by atomic mass is 10.2. The zero-order valence-corrected chi connectivity index (χ0v) is 12.8. The van der Waals surface area contributed by atoms with Crippen LogP contribution in [0.4, 0.5) is 5.69 Å². The molecule has 1 aromatic carbocycles. The van der Waals surface area contributed by atoms with E-state index in [2.05, 4.69) is 5.32 Å². The van der Waals surface area contributed by atoms with Crippen LogP contribution in [-0.4, -0.2) is 41.0 Å². The van der Waals surface area contributed by atoms with Crippen LogP contribution in [0.3, 0.4) is 0 Å². The predicted octanol–water partition coefficient (Wildman–Crippen LogP) is 2.87. The summed E-state index contributed by atoms with van der Waals surface area (Å²) >= 11 is 11.8. The summed E-state index contributed by atoms with van der Waals surface area (Å²) in [6.45, 7) is 1.13. The average Bonchev–Trinajstić information content (AvgIpc) is 2.89. The lowest BCUT2D eigenvalue weighted by Gasteiger charge is -2.20. The Labute approximate surface area is 132 Å². The molecule has 1 heterocycles. The van der Waals surface area contributed by atoms with Gasteiger partial charge in [0.1, 0.15) is 6.04 Å². The first-order valence-corrected chi connectivity index (χ1v) is 7.44. The number of aliphatic carboxylic acids is 1. The lowest BCUT2D eigenvalue weighted by Crippen LogP contribution is -2.37. The molecule has 5 nitrogen and oxygen atoms in total. The molecule has 7 heteroatoms. The van der Waals surface area contributed by atoms with Crippen molar-refractivity contribution in [3.63, 3.8) is 0 Å². The summed E-state index contributed by atoms with van der Waals surface area (Å²) in [5.41, 5.74) is 0.463. The number of likely N-dealkylation sites (tertiary alicyclic amines) is 1. The number of benzene rings is 1. The number of nitrogens with zero attached hydrogens (tertiary/aromatic N) is 1. The fourth-order valence-electron chi connectivity index (χ4n) is 2.42. The van der Waals surface area contributed by atoms with Crippen molar-refractivity contribution in [3.8, 4) is 0 Å². The number of carbonyl (C=O) groups is 2. The molecule has 0 bridgehead atoms. The summed E-state index contributed by atoms with van der Waals surface area (Å²) < 4.78 is 0. The molecule has 1 saturated heterocycles. The van der Waals surface area contributed by atoms with Gasteiger partial charge in [-0.3, -0.25) is 14.5 Å². The van der Waals surface area contributed by atoms with Crippen molar-refractivity contribution >= 4 is 40.8 Å². The van der Waals surface area contributed by atoms with Crippen molar-refractivity contribution in [2.24, 2.45) is 0 Å². The van der Waals surface area contributed by atoms with Gasteiger partial charge in [0, 0.05) is 18.0 Å². The van der Waals surface area contributed by atoms with Gasteiger partial charge in [0.05, 0.1) is 10.7 Å². The predicted molar refractivity (Wildman–Crippen MR) is 81.9 cm³/mol. The van der Waals surface area contributed by atoms with Gasteiger partial charge in [-0.05, 0) is 37.6 Å². The number of carboxylic acids is 1. The standard InChI is InChI=1S/C14H16Cl2N2O3/c15-9-3-4-10(16)11(8-9)17-13(19)5-7-18-6-1-2-12(18)14(20)21/h3-4,8,12H,1-2,5-7H2,(H,17,19)(H,20,21). The fourth-order valence-corrected chi connectivity index (χ4v) is 2.76. The maximum Gasteiger partial charge on any atom is 0.320 e. The van der Waals surface area contributed by atoms with E-state index in [1.54, 1.807) is 18.2 Å². The first-order valence-electron chi connectivity index (χ1n) is 6.69. The zero-order chi connectivity index (χ0) is 15.4. The molecule has 2 N–H and O–H groups in total. The van der Waals surface area contributed by atoms with E-state index in [4.69, 9.17) is 28.3 Å². The monoisotopic (exact) mass is 330 g/mol. The molecule has 0 aliphatic carbocycles. The van der Waals surface area contributed by atoms with Gasteiger partial charge >= 0.3 is 5.97 Å². The first kappa shape index (κ1) is 16.1. The second-order valence-electron chi connectivity index (χ2n) is 4.95. The number of hydrogen-bond acceptors (Lipinski definition) is 3. The maximum absolute atomic E-state index is 11.9. The number of halogens is 2. The molecule has 1 aliphatic rings. The Kier molecular flexibility index (Phi) is 5.45. The quantitative estimate of drug-likeness (QED) is 0.870. The molecule has 1 atom stereocenters. The van der Waals surface area contributed by atoms with Crippen LogP contribution >= 0.6 is 23.2 Å². The van der Waals surface area contributed by atoms with Gasteiger partial charge in [0.25, 0.3) is 0 Å². The number of carboxylic acid groups (broad SMARTS) is 1. The van der Waals surface area contributed by atoms with Crippen molar-refractivity contribution in [1.82, 2.24) is 4.90 Å². The Bertz CT molecular complexity index is 551. The third kappa shape index (κ3) is 4.33. The molecular formula is C14H16Cl2N2O3. The smallest absolute Gasteiger partial charge is 0.320 e. The average molecular weight is 331 g/mol. The Hall–Kier alpha value is -1.30. The zero-order valence-electron chi connectivity index (χ0n) is 11.3. The van der Waals surface area contributed by atoms with E-state index in [0.717, 1.165) is 6.42 Å². The van der Waals surface area contributed by atoms with Crippen molar-refractivity contribution in [1.29, 1.82) is 0 Å². The highest BCUT2D eigenvalue weighted by Crippen LogP contribution is 2.25. The third-order valence-corrected chi connectivity index (χ3v) is 4.04. The molecule has 1 fully saturated rings. The van der Waals surface area contributed by atoms with Crippen LogP contribution in [0.1, 0.15) is 19.3 Å². The summed E-state index contributed by atoms with van der Waals surface area (Å²) in [5, 5.41) is 12.7. The largest absolute Gasteiger partial charge is 0.480 e. The van der Waals surface area contributed by atoms with E-state index >= 15 is 0 Å². The van der Waals surface area contributed by atoms with Gasteiger partial charge in [-0.25, -0.2) is 0 Å². The summed E-state index contributed by atoms with van der Waals surface area (Å²) in [5.74, 6) is -1.04. The van der Waals surface area contributed by atoms with Crippen LogP contribution in [0, 0.1) is 0 Å². The first-order chi connectivity index (χ1) is 9.97. The molecule has 2 rings (SSSR count). The van der Waals surface area contributed by atoms with E-state index < -0.39 is 12.0 Å². The molecule has 1 amide bonds. The number of hydrogen-bond donors (Lipinski definition) is 2. The highest BCUT2D eigenvalue weighted by Gasteiger charge is 2.30. The number of carbonyl (C=O) groups excluding carboxylic acids is 1. The minimum Gasteiger partial charge on any atom is -0.480 e. The molecule has 0 radical (unpaired) electrons. The van der Waals surface area contributed by atoms with Crippen molar-refractivity contribution < 1.29 is 14.7 Å². The molecule has 0 spiro atoms. The second kappa shape index (κ2) is 7.11. The van der Waals surface area contributed by atoms with Crippen LogP contribution in [0.2, 0.25) is 10.0 Å². The normalized spacial score (nSPS) is 18.7. The molecule has 1 unspecified atom stereocenters. The van der Waals surface area contributed by atoms with Crippen LogP contribution in [-0.2, 0) is 9.59 Å². The van der Waals surface area contributed by atoms with Gasteiger partial charge in [-0.15, -0.1) is 0 Å². The number of anilines is 1. The van der Waals surface area contributed by atoms with E-state index in [0.29, 0.717) is 35.2 Å².